The third-order valence-electron chi connectivity index (χ3n) is 5.13. The van der Waals surface area contributed by atoms with Crippen LogP contribution in [0.15, 0.2) is 41.4 Å². The lowest BCUT2D eigenvalue weighted by atomic mass is 10.1. The number of likely N-dealkylation sites (tertiary alicyclic amines) is 1. The molecule has 8 heteroatoms. The number of carbonyl (C=O) groups excluding carboxylic acids is 1. The molecule has 1 saturated heterocycles. The van der Waals surface area contributed by atoms with Crippen molar-refractivity contribution in [3.8, 4) is 0 Å². The Balaban J connectivity index is 1.60. The molecule has 2 aliphatic rings. The Morgan fingerprint density at radius 2 is 1.92 bits per heavy atom. The molecule has 3 heterocycles. The summed E-state index contributed by atoms with van der Waals surface area (Å²) in [4.78, 5) is 14.5. The molecule has 1 aromatic heterocycles. The van der Waals surface area contributed by atoms with Gasteiger partial charge in [0.25, 0.3) is 0 Å². The first-order chi connectivity index (χ1) is 12.4. The largest absolute Gasteiger partial charge is 0.342 e. The molecule has 138 valence electrons. The van der Waals surface area contributed by atoms with Crippen molar-refractivity contribution >= 4 is 15.9 Å². The zero-order valence-corrected chi connectivity index (χ0v) is 15.5. The van der Waals surface area contributed by atoms with Crippen LogP contribution in [-0.2, 0) is 21.4 Å². The van der Waals surface area contributed by atoms with Crippen molar-refractivity contribution in [1.29, 1.82) is 0 Å². The van der Waals surface area contributed by atoms with Crippen LogP contribution in [0.25, 0.3) is 0 Å². The van der Waals surface area contributed by atoms with Gasteiger partial charge >= 0.3 is 0 Å². The Labute approximate surface area is 153 Å². The van der Waals surface area contributed by atoms with Crippen molar-refractivity contribution in [3.05, 3.63) is 47.8 Å². The molecule has 1 fully saturated rings. The minimum absolute atomic E-state index is 0.0669. The Morgan fingerprint density at radius 1 is 1.19 bits per heavy atom. The summed E-state index contributed by atoms with van der Waals surface area (Å²) in [6.07, 6.45) is 2.98. The molecule has 0 spiro atoms. The van der Waals surface area contributed by atoms with E-state index in [9.17, 15) is 13.2 Å². The Morgan fingerprint density at radius 3 is 2.58 bits per heavy atom. The second-order valence-corrected chi connectivity index (χ2v) is 8.91. The lowest BCUT2D eigenvalue weighted by molar-refractivity contribution is -0.135. The van der Waals surface area contributed by atoms with Crippen molar-refractivity contribution in [1.82, 2.24) is 19.0 Å². The number of hydrogen-bond donors (Lipinski definition) is 0. The van der Waals surface area contributed by atoms with E-state index in [2.05, 4.69) is 5.10 Å². The predicted molar refractivity (Wildman–Crippen MR) is 95.9 cm³/mol. The smallest absolute Gasteiger partial charge is 0.243 e. The van der Waals surface area contributed by atoms with Gasteiger partial charge in [0, 0.05) is 25.8 Å². The average Bonchev–Trinajstić information content (AvgIpc) is 3.02. The molecule has 1 amide bonds. The summed E-state index contributed by atoms with van der Waals surface area (Å²) in [5.74, 6) is 0.0669. The summed E-state index contributed by atoms with van der Waals surface area (Å²) in [7, 11) is -3.61. The van der Waals surface area contributed by atoms with Crippen LogP contribution in [0.2, 0.25) is 0 Å². The maximum absolute atomic E-state index is 13.1. The highest BCUT2D eigenvalue weighted by molar-refractivity contribution is 7.89. The van der Waals surface area contributed by atoms with Crippen LogP contribution in [0.3, 0.4) is 0 Å². The van der Waals surface area contributed by atoms with Gasteiger partial charge in [-0.25, -0.2) is 8.42 Å². The van der Waals surface area contributed by atoms with Crippen LogP contribution in [-0.4, -0.2) is 52.9 Å². The number of carbonyl (C=O) groups is 1. The highest BCUT2D eigenvalue weighted by Gasteiger charge is 2.35. The van der Waals surface area contributed by atoms with Crippen LogP contribution in [0, 0.1) is 6.92 Å². The third-order valence-corrected chi connectivity index (χ3v) is 6.95. The minimum Gasteiger partial charge on any atom is -0.342 e. The number of hydrogen-bond acceptors (Lipinski definition) is 4. The maximum Gasteiger partial charge on any atom is 0.243 e. The van der Waals surface area contributed by atoms with Crippen molar-refractivity contribution < 1.29 is 13.2 Å². The number of amides is 1. The van der Waals surface area contributed by atoms with Gasteiger partial charge in [-0.1, -0.05) is 17.7 Å². The SMILES string of the molecule is Cc1ccc(S(=O)(=O)N2Cc3ccnn3[C@H](CC(=O)N3CCC3)C2)cc1. The van der Waals surface area contributed by atoms with Gasteiger partial charge in [0.1, 0.15) is 0 Å². The molecule has 0 bridgehead atoms. The first-order valence-electron chi connectivity index (χ1n) is 8.82. The van der Waals surface area contributed by atoms with Gasteiger partial charge in [0.15, 0.2) is 0 Å². The molecule has 0 radical (unpaired) electrons. The molecule has 1 aromatic carbocycles. The zero-order valence-electron chi connectivity index (χ0n) is 14.7. The first-order valence-corrected chi connectivity index (χ1v) is 10.3. The number of rotatable bonds is 4. The summed E-state index contributed by atoms with van der Waals surface area (Å²) < 4.78 is 29.4. The van der Waals surface area contributed by atoms with Crippen molar-refractivity contribution in [3.63, 3.8) is 0 Å². The highest BCUT2D eigenvalue weighted by Crippen LogP contribution is 2.29. The topological polar surface area (TPSA) is 75.5 Å². The molecule has 0 N–H and O–H groups in total. The number of aromatic nitrogens is 2. The second-order valence-electron chi connectivity index (χ2n) is 6.97. The van der Waals surface area contributed by atoms with Crippen molar-refractivity contribution in [2.75, 3.05) is 19.6 Å². The summed E-state index contributed by atoms with van der Waals surface area (Å²) >= 11 is 0. The van der Waals surface area contributed by atoms with E-state index in [4.69, 9.17) is 0 Å². The summed E-state index contributed by atoms with van der Waals surface area (Å²) in [6.45, 7) is 4.04. The molecule has 2 aliphatic heterocycles. The van der Waals surface area contributed by atoms with E-state index >= 15 is 0 Å². The standard InChI is InChI=1S/C18H22N4O3S/c1-14-3-5-17(6-4-14)26(24,25)21-12-15-7-8-19-22(15)16(13-21)11-18(23)20-9-2-10-20/h3-8,16H,2,9-13H2,1H3/t16-/m1/s1. The Kier molecular flexibility index (Phi) is 4.32. The van der Waals surface area contributed by atoms with Gasteiger partial charge in [0.2, 0.25) is 15.9 Å². The molecule has 1 atom stereocenters. The number of nitrogens with zero attached hydrogens (tertiary/aromatic N) is 4. The van der Waals surface area contributed by atoms with Crippen LogP contribution >= 0.6 is 0 Å². The highest BCUT2D eigenvalue weighted by atomic mass is 32.2. The van der Waals surface area contributed by atoms with Gasteiger partial charge in [-0.05, 0) is 31.5 Å². The number of fused-ring (bicyclic) bond motifs is 1. The van der Waals surface area contributed by atoms with Gasteiger partial charge in [-0.15, -0.1) is 0 Å². The lowest BCUT2D eigenvalue weighted by Gasteiger charge is -2.36. The predicted octanol–water partition coefficient (Wildman–Crippen LogP) is 1.56. The van der Waals surface area contributed by atoms with Gasteiger partial charge in [-0.3, -0.25) is 9.48 Å². The number of aryl methyl sites for hydroxylation is 1. The normalized spacial score (nSPS) is 20.5. The van der Waals surface area contributed by atoms with E-state index in [1.165, 1.54) is 4.31 Å². The Bertz CT molecular complexity index is 916. The Hall–Kier alpha value is -2.19. The summed E-state index contributed by atoms with van der Waals surface area (Å²) in [5, 5.41) is 4.32. The molecule has 0 saturated carbocycles. The summed E-state index contributed by atoms with van der Waals surface area (Å²) in [5.41, 5.74) is 1.83. The molecule has 0 unspecified atom stereocenters. The number of benzene rings is 1. The van der Waals surface area contributed by atoms with E-state index in [0.29, 0.717) is 0 Å². The van der Waals surface area contributed by atoms with E-state index < -0.39 is 10.0 Å². The quantitative estimate of drug-likeness (QED) is 0.814. The zero-order chi connectivity index (χ0) is 18.3. The average molecular weight is 374 g/mol. The summed E-state index contributed by atoms with van der Waals surface area (Å²) in [6, 6.07) is 8.41. The second kappa shape index (κ2) is 6.51. The molecule has 26 heavy (non-hydrogen) atoms. The van der Waals surface area contributed by atoms with E-state index in [0.717, 1.165) is 30.8 Å². The minimum atomic E-state index is -3.61. The van der Waals surface area contributed by atoms with Crippen LogP contribution in [0.5, 0.6) is 0 Å². The van der Waals surface area contributed by atoms with E-state index in [-0.39, 0.29) is 36.4 Å². The van der Waals surface area contributed by atoms with Crippen LogP contribution < -0.4 is 0 Å². The fraction of sp³-hybridized carbons (Fsp3) is 0.444. The molecular formula is C18H22N4O3S. The molecule has 2 aromatic rings. The fourth-order valence-electron chi connectivity index (χ4n) is 3.44. The van der Waals surface area contributed by atoms with Crippen molar-refractivity contribution in [2.45, 2.75) is 37.2 Å². The van der Waals surface area contributed by atoms with Crippen LogP contribution in [0.4, 0.5) is 0 Å². The van der Waals surface area contributed by atoms with E-state index in [1.807, 2.05) is 17.9 Å². The van der Waals surface area contributed by atoms with Crippen molar-refractivity contribution in [2.24, 2.45) is 0 Å². The van der Waals surface area contributed by atoms with Gasteiger partial charge < -0.3 is 4.90 Å². The first kappa shape index (κ1) is 17.2. The molecule has 4 rings (SSSR count). The lowest BCUT2D eigenvalue weighted by Crippen LogP contribution is -2.46. The fourth-order valence-corrected chi connectivity index (χ4v) is 4.89. The molecule has 0 aliphatic carbocycles. The van der Waals surface area contributed by atoms with E-state index in [1.54, 1.807) is 35.1 Å². The molecule has 7 nitrogen and oxygen atoms in total. The molecular weight excluding hydrogens is 352 g/mol. The number of sulfonamides is 1. The third kappa shape index (κ3) is 3.03. The van der Waals surface area contributed by atoms with Gasteiger partial charge in [0.05, 0.1) is 29.6 Å². The monoisotopic (exact) mass is 374 g/mol. The van der Waals surface area contributed by atoms with Crippen LogP contribution in [0.1, 0.15) is 30.1 Å². The maximum atomic E-state index is 13.1. The van der Waals surface area contributed by atoms with Gasteiger partial charge in [-0.2, -0.15) is 9.40 Å².